The second-order valence-electron chi connectivity index (χ2n) is 2.58. The van der Waals surface area contributed by atoms with Crippen molar-refractivity contribution in [3.05, 3.63) is 10.7 Å². The van der Waals surface area contributed by atoms with E-state index in [1.807, 2.05) is 0 Å². The summed E-state index contributed by atoms with van der Waals surface area (Å²) in [6, 6.07) is 0. The van der Waals surface area contributed by atoms with Crippen molar-refractivity contribution in [2.24, 2.45) is 0 Å². The van der Waals surface area contributed by atoms with Crippen LogP contribution in [0.3, 0.4) is 0 Å². The van der Waals surface area contributed by atoms with E-state index in [4.69, 9.17) is 15.8 Å². The molecule has 0 radical (unpaired) electrons. The van der Waals surface area contributed by atoms with Crippen LogP contribution in [-0.4, -0.2) is 24.9 Å². The van der Waals surface area contributed by atoms with Gasteiger partial charge in [0.15, 0.2) is 4.90 Å². The molecule has 0 spiro atoms. The molecule has 0 aliphatic heterocycles. The third kappa shape index (κ3) is 3.61. The third-order valence-corrected chi connectivity index (χ3v) is 3.77. The molecule has 0 atom stereocenters. The number of hydrogen-bond donors (Lipinski definition) is 1. The van der Waals surface area contributed by atoms with Crippen LogP contribution in [0.2, 0.25) is 0 Å². The van der Waals surface area contributed by atoms with Crippen LogP contribution in [-0.2, 0) is 9.05 Å². The van der Waals surface area contributed by atoms with Crippen LogP contribution in [0.4, 0.5) is 13.2 Å². The highest BCUT2D eigenvalue weighted by molar-refractivity contribution is 9.10. The van der Waals surface area contributed by atoms with Crippen molar-refractivity contribution < 1.29 is 31.4 Å². The maximum absolute atomic E-state index is 12.0. The molecule has 0 aliphatic rings. The smallest absolute Gasteiger partial charge is 0.505 e. The zero-order valence-electron chi connectivity index (χ0n) is 7.49. The minimum Gasteiger partial charge on any atom is -0.505 e. The molecule has 0 amide bonds. The molecule has 1 aromatic rings. The topological polar surface area (TPSA) is 76.5 Å². The van der Waals surface area contributed by atoms with E-state index in [0.717, 1.165) is 0 Å². The molecule has 0 aliphatic carbocycles. The quantitative estimate of drug-likeness (QED) is 0.823. The zero-order chi connectivity index (χ0) is 13.4. The lowest BCUT2D eigenvalue weighted by Crippen LogP contribution is -2.19. The molecule has 0 unspecified atom stereocenters. The van der Waals surface area contributed by atoms with E-state index < -0.39 is 36.4 Å². The molecular formula is C6H2BrClF3NO4S. The minimum atomic E-state index is -5.14. The van der Waals surface area contributed by atoms with E-state index in [9.17, 15) is 21.6 Å². The molecule has 1 N–H and O–H groups in total. The maximum atomic E-state index is 12.0. The van der Waals surface area contributed by atoms with Crippen LogP contribution in [0.5, 0.6) is 11.6 Å². The number of nitrogens with zero attached hydrogens (tertiary/aromatic N) is 1. The van der Waals surface area contributed by atoms with E-state index in [0.29, 0.717) is 6.20 Å². The normalized spacial score (nSPS) is 12.5. The van der Waals surface area contributed by atoms with Crippen molar-refractivity contribution in [1.29, 1.82) is 0 Å². The Morgan fingerprint density at radius 1 is 1.47 bits per heavy atom. The fraction of sp³-hybridized carbons (Fsp3) is 0.167. The predicted molar refractivity (Wildman–Crippen MR) is 53.3 cm³/mol. The van der Waals surface area contributed by atoms with Crippen LogP contribution in [0.25, 0.3) is 0 Å². The van der Waals surface area contributed by atoms with Gasteiger partial charge in [-0.05, 0) is 15.9 Å². The van der Waals surface area contributed by atoms with Gasteiger partial charge in [-0.15, -0.1) is 13.2 Å². The Hall–Kier alpha value is -0.740. The summed E-state index contributed by atoms with van der Waals surface area (Å²) >= 11 is 2.57. The fourth-order valence-electron chi connectivity index (χ4n) is 0.839. The van der Waals surface area contributed by atoms with E-state index in [1.54, 1.807) is 0 Å². The molecule has 1 rings (SSSR count). The van der Waals surface area contributed by atoms with Crippen molar-refractivity contribution in [2.75, 3.05) is 0 Å². The lowest BCUT2D eigenvalue weighted by Gasteiger charge is -2.11. The summed E-state index contributed by atoms with van der Waals surface area (Å²) < 4.78 is 60.8. The Kier molecular flexibility index (Phi) is 3.79. The van der Waals surface area contributed by atoms with Gasteiger partial charge in [0, 0.05) is 10.7 Å². The molecule has 1 heterocycles. The zero-order valence-corrected chi connectivity index (χ0v) is 10.7. The van der Waals surface area contributed by atoms with Gasteiger partial charge < -0.3 is 9.84 Å². The van der Waals surface area contributed by atoms with Crippen LogP contribution in [0.15, 0.2) is 15.6 Å². The number of aromatic nitrogens is 1. The van der Waals surface area contributed by atoms with Gasteiger partial charge >= 0.3 is 6.36 Å². The lowest BCUT2D eigenvalue weighted by molar-refractivity contribution is -0.277. The molecule has 0 bridgehead atoms. The molecule has 96 valence electrons. The Morgan fingerprint density at radius 2 is 2.00 bits per heavy atom. The summed E-state index contributed by atoms with van der Waals surface area (Å²) in [6.45, 7) is 0. The van der Waals surface area contributed by atoms with Gasteiger partial charge in [0.25, 0.3) is 9.05 Å². The lowest BCUT2D eigenvalue weighted by atomic mass is 10.4. The highest BCUT2D eigenvalue weighted by Crippen LogP contribution is 2.39. The van der Waals surface area contributed by atoms with Crippen LogP contribution >= 0.6 is 26.6 Å². The van der Waals surface area contributed by atoms with Gasteiger partial charge in [0.2, 0.25) is 5.88 Å². The fourth-order valence-corrected chi connectivity index (χ4v) is 3.08. The average Bonchev–Trinajstić information content (AvgIpc) is 2.06. The van der Waals surface area contributed by atoms with Crippen LogP contribution in [0, 0.1) is 0 Å². The molecule has 0 saturated carbocycles. The predicted octanol–water partition coefficient (Wildman–Crippen LogP) is 2.38. The number of pyridine rings is 1. The molecule has 17 heavy (non-hydrogen) atoms. The Labute approximate surface area is 106 Å². The van der Waals surface area contributed by atoms with Gasteiger partial charge in [-0.2, -0.15) is 0 Å². The standard InChI is InChI=1S/C6H2BrClF3NO4S/c7-3-2(13)1-12-5(16-6(9,10)11)4(3)17(8,14)15/h1,13H. The second kappa shape index (κ2) is 4.50. The van der Waals surface area contributed by atoms with Gasteiger partial charge in [0.1, 0.15) is 5.75 Å². The molecule has 11 heteroatoms. The summed E-state index contributed by atoms with van der Waals surface area (Å²) in [5.74, 6) is -1.98. The molecular weight excluding hydrogens is 354 g/mol. The molecule has 5 nitrogen and oxygen atoms in total. The van der Waals surface area contributed by atoms with Crippen molar-refractivity contribution in [3.63, 3.8) is 0 Å². The first-order valence-corrected chi connectivity index (χ1v) is 6.70. The SMILES string of the molecule is O=S(=O)(Cl)c1c(OC(F)(F)F)ncc(O)c1Br. The highest BCUT2D eigenvalue weighted by atomic mass is 79.9. The molecule has 0 aromatic carbocycles. The summed E-state index contributed by atoms with van der Waals surface area (Å²) in [4.78, 5) is 1.90. The van der Waals surface area contributed by atoms with Crippen molar-refractivity contribution in [2.45, 2.75) is 11.3 Å². The summed E-state index contributed by atoms with van der Waals surface area (Å²) in [5, 5.41) is 9.12. The number of hydrogen-bond acceptors (Lipinski definition) is 5. The third-order valence-electron chi connectivity index (χ3n) is 1.38. The minimum absolute atomic E-state index is 0.568. The van der Waals surface area contributed by atoms with Crippen molar-refractivity contribution in [1.82, 2.24) is 4.98 Å². The van der Waals surface area contributed by atoms with Gasteiger partial charge in [0.05, 0.1) is 10.7 Å². The molecule has 0 fully saturated rings. The van der Waals surface area contributed by atoms with Gasteiger partial charge in [-0.25, -0.2) is 13.4 Å². The number of rotatable bonds is 2. The van der Waals surface area contributed by atoms with E-state index in [1.165, 1.54) is 0 Å². The molecule has 1 aromatic heterocycles. The Balaban J connectivity index is 3.47. The largest absolute Gasteiger partial charge is 0.574 e. The van der Waals surface area contributed by atoms with Crippen LogP contribution < -0.4 is 4.74 Å². The van der Waals surface area contributed by atoms with Gasteiger partial charge in [-0.1, -0.05) is 0 Å². The monoisotopic (exact) mass is 355 g/mol. The highest BCUT2D eigenvalue weighted by Gasteiger charge is 2.36. The number of alkyl halides is 3. The Bertz CT molecular complexity index is 547. The van der Waals surface area contributed by atoms with Crippen LogP contribution in [0.1, 0.15) is 0 Å². The van der Waals surface area contributed by atoms with Gasteiger partial charge in [-0.3, -0.25) is 0 Å². The molecule has 0 saturated heterocycles. The summed E-state index contributed by atoms with van der Waals surface area (Å²) in [7, 11) is 0.332. The number of ether oxygens (including phenoxy) is 1. The number of aromatic hydroxyl groups is 1. The van der Waals surface area contributed by atoms with Crippen molar-refractivity contribution >= 4 is 35.7 Å². The average molecular weight is 357 g/mol. The first-order chi connectivity index (χ1) is 7.52. The second-order valence-corrected chi connectivity index (χ2v) is 5.87. The van der Waals surface area contributed by atoms with E-state index in [2.05, 4.69) is 25.7 Å². The summed E-state index contributed by atoms with van der Waals surface area (Å²) in [5.41, 5.74) is 0. The van der Waals surface area contributed by atoms with E-state index >= 15 is 0 Å². The van der Waals surface area contributed by atoms with E-state index in [-0.39, 0.29) is 0 Å². The number of halogens is 5. The first-order valence-electron chi connectivity index (χ1n) is 3.60. The summed E-state index contributed by atoms with van der Waals surface area (Å²) in [6.07, 6.45) is -4.56. The van der Waals surface area contributed by atoms with Crippen molar-refractivity contribution in [3.8, 4) is 11.6 Å². The Morgan fingerprint density at radius 3 is 2.41 bits per heavy atom. The first kappa shape index (κ1) is 14.3. The maximum Gasteiger partial charge on any atom is 0.574 e.